The summed E-state index contributed by atoms with van der Waals surface area (Å²) in [5.41, 5.74) is -0.669. The molecular weight excluding hydrogens is 437 g/mol. The molecule has 154 valence electrons. The molecule has 10 heteroatoms. The maximum absolute atomic E-state index is 13.7. The molecule has 0 aliphatic carbocycles. The summed E-state index contributed by atoms with van der Waals surface area (Å²) in [6.07, 6.45) is -4.71. The van der Waals surface area contributed by atoms with E-state index in [2.05, 4.69) is 15.4 Å². The fourth-order valence-electron chi connectivity index (χ4n) is 2.98. The summed E-state index contributed by atoms with van der Waals surface area (Å²) in [5, 5.41) is 8.04. The van der Waals surface area contributed by atoms with Gasteiger partial charge in [-0.25, -0.2) is 9.50 Å². The minimum Gasteiger partial charge on any atom is -0.344 e. The molecule has 0 saturated carbocycles. The van der Waals surface area contributed by atoms with Gasteiger partial charge in [-0.3, -0.25) is 4.79 Å². The number of hydrogen-bond donors (Lipinski definition) is 1. The van der Waals surface area contributed by atoms with E-state index in [0.717, 1.165) is 11.6 Å². The molecule has 1 N–H and O–H groups in total. The Labute approximate surface area is 178 Å². The third-order valence-corrected chi connectivity index (χ3v) is 5.70. The monoisotopic (exact) mass is 450 g/mol. The lowest BCUT2D eigenvalue weighted by molar-refractivity contribution is -0.142. The number of nitrogens with one attached hydrogen (secondary N) is 1. The fourth-order valence-corrected chi connectivity index (χ4v) is 3.91. The third kappa shape index (κ3) is 3.78. The Hall–Kier alpha value is -2.91. The van der Waals surface area contributed by atoms with Crippen LogP contribution in [0.15, 0.2) is 53.9 Å². The van der Waals surface area contributed by atoms with Crippen molar-refractivity contribution in [3.05, 3.63) is 75.9 Å². The Morgan fingerprint density at radius 3 is 2.57 bits per heavy atom. The molecule has 4 aromatic rings. The Balaban J connectivity index is 1.78. The number of nitrogens with zero attached hydrogens (tertiary/aromatic N) is 3. The minimum absolute atomic E-state index is 0.108. The van der Waals surface area contributed by atoms with Gasteiger partial charge in [0, 0.05) is 0 Å². The van der Waals surface area contributed by atoms with Crippen molar-refractivity contribution >= 4 is 34.5 Å². The van der Waals surface area contributed by atoms with Crippen LogP contribution in [0.1, 0.15) is 34.7 Å². The molecule has 30 heavy (non-hydrogen) atoms. The number of hydrogen-bond acceptors (Lipinski definition) is 4. The number of carbonyl (C=O) groups is 1. The van der Waals surface area contributed by atoms with E-state index in [-0.39, 0.29) is 22.1 Å². The highest BCUT2D eigenvalue weighted by Gasteiger charge is 2.37. The van der Waals surface area contributed by atoms with Gasteiger partial charge >= 0.3 is 6.18 Å². The molecule has 0 bridgehead atoms. The van der Waals surface area contributed by atoms with Gasteiger partial charge in [0.25, 0.3) is 5.91 Å². The van der Waals surface area contributed by atoms with Crippen LogP contribution in [0.2, 0.25) is 5.02 Å². The number of aromatic nitrogens is 3. The average molecular weight is 451 g/mol. The molecule has 3 aromatic heterocycles. The molecule has 0 aliphatic rings. The lowest BCUT2D eigenvalue weighted by Crippen LogP contribution is -2.27. The molecule has 0 aliphatic heterocycles. The van der Waals surface area contributed by atoms with Crippen molar-refractivity contribution in [3.63, 3.8) is 0 Å². The van der Waals surface area contributed by atoms with E-state index in [9.17, 15) is 18.0 Å². The van der Waals surface area contributed by atoms with Gasteiger partial charge in [0.2, 0.25) is 0 Å². The third-order valence-electron chi connectivity index (χ3n) is 4.46. The van der Waals surface area contributed by atoms with Crippen molar-refractivity contribution in [1.29, 1.82) is 0 Å². The molecule has 0 spiro atoms. The van der Waals surface area contributed by atoms with Crippen LogP contribution in [0.25, 0.3) is 16.2 Å². The van der Waals surface area contributed by atoms with Gasteiger partial charge in [-0.2, -0.15) is 18.3 Å². The van der Waals surface area contributed by atoms with E-state index in [1.165, 1.54) is 11.3 Å². The minimum atomic E-state index is -4.71. The van der Waals surface area contributed by atoms with Gasteiger partial charge in [-0.15, -0.1) is 11.3 Å². The van der Waals surface area contributed by atoms with Crippen LogP contribution in [0, 0.1) is 0 Å². The number of fused-ring (bicyclic) bond motifs is 1. The van der Waals surface area contributed by atoms with Gasteiger partial charge in [0.15, 0.2) is 17.0 Å². The first-order chi connectivity index (χ1) is 14.3. The summed E-state index contributed by atoms with van der Waals surface area (Å²) < 4.78 is 41.6. The smallest absolute Gasteiger partial charge is 0.344 e. The van der Waals surface area contributed by atoms with E-state index in [0.29, 0.717) is 9.39 Å². The van der Waals surface area contributed by atoms with E-state index in [1.54, 1.807) is 24.4 Å². The Bertz CT molecular complexity index is 1210. The van der Waals surface area contributed by atoms with Crippen LogP contribution in [0.4, 0.5) is 13.2 Å². The number of thiophene rings is 1. The normalized spacial score (nSPS) is 12.8. The molecule has 5 nitrogen and oxygen atoms in total. The van der Waals surface area contributed by atoms with Gasteiger partial charge in [0.1, 0.15) is 5.02 Å². The molecule has 1 aromatic carbocycles. The van der Waals surface area contributed by atoms with Gasteiger partial charge in [-0.05, 0) is 30.0 Å². The van der Waals surface area contributed by atoms with Gasteiger partial charge < -0.3 is 5.32 Å². The molecule has 0 radical (unpaired) electrons. The van der Waals surface area contributed by atoms with Crippen molar-refractivity contribution in [2.45, 2.75) is 19.1 Å². The highest BCUT2D eigenvalue weighted by Crippen LogP contribution is 2.35. The largest absolute Gasteiger partial charge is 0.433 e. The highest BCUT2D eigenvalue weighted by molar-refractivity contribution is 7.13. The second-order valence-corrected chi connectivity index (χ2v) is 7.83. The Kier molecular flexibility index (Phi) is 5.25. The van der Waals surface area contributed by atoms with Crippen LogP contribution < -0.4 is 5.32 Å². The first-order valence-corrected chi connectivity index (χ1v) is 10.1. The van der Waals surface area contributed by atoms with Crippen LogP contribution in [0.3, 0.4) is 0 Å². The van der Waals surface area contributed by atoms with Gasteiger partial charge in [-0.1, -0.05) is 48.0 Å². The van der Waals surface area contributed by atoms with Crippen molar-refractivity contribution < 1.29 is 18.0 Å². The van der Waals surface area contributed by atoms with Crippen molar-refractivity contribution in [1.82, 2.24) is 19.9 Å². The summed E-state index contributed by atoms with van der Waals surface area (Å²) in [6, 6.07) is 13.0. The number of carbonyl (C=O) groups excluding carboxylic acids is 1. The number of halogens is 4. The predicted molar refractivity (Wildman–Crippen MR) is 109 cm³/mol. The zero-order chi connectivity index (χ0) is 21.5. The maximum atomic E-state index is 13.7. The lowest BCUT2D eigenvalue weighted by atomic mass is 10.1. The summed E-state index contributed by atoms with van der Waals surface area (Å²) >= 11 is 7.51. The zero-order valence-electron chi connectivity index (χ0n) is 15.4. The summed E-state index contributed by atoms with van der Waals surface area (Å²) in [5.74, 6) is -0.687. The highest BCUT2D eigenvalue weighted by atomic mass is 35.5. The topological polar surface area (TPSA) is 59.3 Å². The summed E-state index contributed by atoms with van der Waals surface area (Å²) in [6.45, 7) is 1.76. The number of alkyl halides is 3. The zero-order valence-corrected chi connectivity index (χ0v) is 17.0. The molecule has 1 unspecified atom stereocenters. The van der Waals surface area contributed by atoms with Crippen LogP contribution in [-0.4, -0.2) is 20.5 Å². The number of benzene rings is 1. The fraction of sp³-hybridized carbons (Fsp3) is 0.150. The second kappa shape index (κ2) is 7.73. The Morgan fingerprint density at radius 1 is 1.20 bits per heavy atom. The predicted octanol–water partition coefficient (Wildman–Crippen LogP) is 5.62. The summed E-state index contributed by atoms with van der Waals surface area (Å²) in [4.78, 5) is 17.5. The standard InChI is InChI=1S/C20H14ClF3N4OS/c1-11(12-6-3-2-4-7-12)25-19(29)17-16(21)18-26-13(14-8-5-9-30-14)10-15(20(22,23)24)28(18)27-17/h2-11H,1H3,(H,25,29). The SMILES string of the molecule is CC(NC(=O)c1nn2c(C(F)(F)F)cc(-c3cccs3)nc2c1Cl)c1ccccc1. The maximum Gasteiger partial charge on any atom is 0.433 e. The molecular formula is C20H14ClF3N4OS. The van der Waals surface area contributed by atoms with Crippen molar-refractivity contribution in [2.75, 3.05) is 0 Å². The molecule has 1 atom stereocenters. The first-order valence-electron chi connectivity index (χ1n) is 8.82. The quantitative estimate of drug-likeness (QED) is 0.439. The molecule has 3 heterocycles. The number of rotatable bonds is 4. The van der Waals surface area contributed by atoms with E-state index >= 15 is 0 Å². The Morgan fingerprint density at radius 2 is 1.93 bits per heavy atom. The lowest BCUT2D eigenvalue weighted by Gasteiger charge is -2.13. The van der Waals surface area contributed by atoms with Crippen LogP contribution >= 0.6 is 22.9 Å². The number of amides is 1. The van der Waals surface area contributed by atoms with Gasteiger partial charge in [0.05, 0.1) is 16.6 Å². The van der Waals surface area contributed by atoms with Crippen LogP contribution in [0.5, 0.6) is 0 Å². The summed E-state index contributed by atoms with van der Waals surface area (Å²) in [7, 11) is 0. The van der Waals surface area contributed by atoms with E-state index in [4.69, 9.17) is 11.6 Å². The molecule has 1 amide bonds. The van der Waals surface area contributed by atoms with Crippen LogP contribution in [-0.2, 0) is 6.18 Å². The van der Waals surface area contributed by atoms with E-state index < -0.39 is 23.8 Å². The average Bonchev–Trinajstić information content (AvgIpc) is 3.36. The molecule has 0 fully saturated rings. The van der Waals surface area contributed by atoms with Crippen molar-refractivity contribution in [3.8, 4) is 10.6 Å². The first kappa shape index (κ1) is 20.4. The molecule has 0 saturated heterocycles. The van der Waals surface area contributed by atoms with E-state index in [1.807, 2.05) is 30.3 Å². The van der Waals surface area contributed by atoms with Crippen molar-refractivity contribution in [2.24, 2.45) is 0 Å². The molecule has 4 rings (SSSR count). The second-order valence-electron chi connectivity index (χ2n) is 6.51.